The second kappa shape index (κ2) is 7.73. The van der Waals surface area contributed by atoms with Crippen LogP contribution in [0.2, 0.25) is 0 Å². The molecule has 1 aromatic heterocycles. The van der Waals surface area contributed by atoms with Gasteiger partial charge in [0.1, 0.15) is 11.6 Å². The number of hydrogen-bond donors (Lipinski definition) is 2. The number of hydrogen-bond acceptors (Lipinski definition) is 5. The van der Waals surface area contributed by atoms with E-state index in [9.17, 15) is 13.2 Å². The molecule has 0 radical (unpaired) electrons. The highest BCUT2D eigenvalue weighted by Crippen LogP contribution is 2.27. The quantitative estimate of drug-likeness (QED) is 0.620. The van der Waals surface area contributed by atoms with E-state index in [0.717, 1.165) is 12.1 Å². The molecule has 3 rings (SSSR count). The monoisotopic (exact) mass is 360 g/mol. The lowest BCUT2D eigenvalue weighted by Gasteiger charge is -2.12. The maximum Gasteiger partial charge on any atom is 0.229 e. The molecule has 3 aromatic rings. The van der Waals surface area contributed by atoms with Gasteiger partial charge in [-0.3, -0.25) is 0 Å². The summed E-state index contributed by atoms with van der Waals surface area (Å²) < 4.78 is 45.6. The Labute approximate surface area is 147 Å². The highest BCUT2D eigenvalue weighted by atomic mass is 19.2. The van der Waals surface area contributed by atoms with Crippen LogP contribution < -0.4 is 15.4 Å². The van der Waals surface area contributed by atoms with Crippen molar-refractivity contribution >= 4 is 23.1 Å². The average Bonchev–Trinajstić information content (AvgIpc) is 2.64. The molecule has 0 fully saturated rings. The SMILES string of the molecule is CCOc1ccccc1Nc1ccnc(Nc2ccc(F)c(F)c2F)n1. The Morgan fingerprint density at radius 3 is 2.54 bits per heavy atom. The maximum atomic E-state index is 13.8. The summed E-state index contributed by atoms with van der Waals surface area (Å²) >= 11 is 0. The topological polar surface area (TPSA) is 59.1 Å². The normalized spacial score (nSPS) is 10.5. The molecule has 0 spiro atoms. The molecule has 2 aromatic carbocycles. The summed E-state index contributed by atoms with van der Waals surface area (Å²) in [6, 6.07) is 10.8. The van der Waals surface area contributed by atoms with E-state index >= 15 is 0 Å². The predicted octanol–water partition coefficient (Wildman–Crippen LogP) is 4.78. The predicted molar refractivity (Wildman–Crippen MR) is 92.5 cm³/mol. The molecule has 134 valence electrons. The molecule has 26 heavy (non-hydrogen) atoms. The first-order valence-electron chi connectivity index (χ1n) is 7.81. The van der Waals surface area contributed by atoms with Gasteiger partial charge >= 0.3 is 0 Å². The molecule has 0 bridgehead atoms. The van der Waals surface area contributed by atoms with Crippen LogP contribution in [0.25, 0.3) is 0 Å². The molecule has 0 aliphatic carbocycles. The summed E-state index contributed by atoms with van der Waals surface area (Å²) in [4.78, 5) is 8.14. The second-order valence-corrected chi connectivity index (χ2v) is 5.17. The fourth-order valence-corrected chi connectivity index (χ4v) is 2.22. The van der Waals surface area contributed by atoms with Gasteiger partial charge in [-0.2, -0.15) is 4.98 Å². The third-order valence-electron chi connectivity index (χ3n) is 3.39. The van der Waals surface area contributed by atoms with Crippen LogP contribution in [0.3, 0.4) is 0 Å². The van der Waals surface area contributed by atoms with Crippen LogP contribution in [0.15, 0.2) is 48.7 Å². The number of halogens is 3. The van der Waals surface area contributed by atoms with Gasteiger partial charge in [0.2, 0.25) is 5.95 Å². The van der Waals surface area contributed by atoms with Crippen LogP contribution in [0.1, 0.15) is 6.92 Å². The van der Waals surface area contributed by atoms with Crippen molar-refractivity contribution in [2.24, 2.45) is 0 Å². The number of nitrogens with zero attached hydrogens (tertiary/aromatic N) is 2. The van der Waals surface area contributed by atoms with Gasteiger partial charge in [-0.05, 0) is 37.3 Å². The Balaban J connectivity index is 1.82. The smallest absolute Gasteiger partial charge is 0.229 e. The number of aromatic nitrogens is 2. The third-order valence-corrected chi connectivity index (χ3v) is 3.39. The Hall–Kier alpha value is -3.29. The lowest BCUT2D eigenvalue weighted by molar-refractivity contribution is 0.342. The molecular weight excluding hydrogens is 345 g/mol. The average molecular weight is 360 g/mol. The first-order valence-corrected chi connectivity index (χ1v) is 7.81. The zero-order chi connectivity index (χ0) is 18.5. The molecular formula is C18H15F3N4O. The lowest BCUT2D eigenvalue weighted by atomic mass is 10.3. The fourth-order valence-electron chi connectivity index (χ4n) is 2.22. The summed E-state index contributed by atoms with van der Waals surface area (Å²) in [6.07, 6.45) is 1.44. The van der Waals surface area contributed by atoms with E-state index in [1.54, 1.807) is 6.07 Å². The third kappa shape index (κ3) is 3.85. The van der Waals surface area contributed by atoms with Crippen molar-refractivity contribution in [3.63, 3.8) is 0 Å². The first-order chi connectivity index (χ1) is 12.6. The Morgan fingerprint density at radius 2 is 1.73 bits per heavy atom. The molecule has 2 N–H and O–H groups in total. The standard InChI is InChI=1S/C18H15F3N4O/c1-2-26-14-6-4-3-5-12(14)23-15-9-10-22-18(25-15)24-13-8-7-11(19)16(20)17(13)21/h3-10H,2H2,1H3,(H2,22,23,24,25). The van der Waals surface area contributed by atoms with Crippen molar-refractivity contribution in [3.8, 4) is 5.75 Å². The minimum atomic E-state index is -1.56. The van der Waals surface area contributed by atoms with Crippen molar-refractivity contribution in [1.82, 2.24) is 9.97 Å². The van der Waals surface area contributed by atoms with E-state index in [4.69, 9.17) is 4.74 Å². The van der Waals surface area contributed by atoms with Crippen LogP contribution in [0, 0.1) is 17.5 Å². The number of rotatable bonds is 6. The molecule has 0 amide bonds. The molecule has 0 aliphatic heterocycles. The van der Waals surface area contributed by atoms with Crippen molar-refractivity contribution in [3.05, 3.63) is 66.1 Å². The van der Waals surface area contributed by atoms with Crippen LogP contribution in [-0.2, 0) is 0 Å². The largest absolute Gasteiger partial charge is 0.492 e. The summed E-state index contributed by atoms with van der Waals surface area (Å²) in [5, 5.41) is 5.61. The van der Waals surface area contributed by atoms with E-state index in [1.807, 2.05) is 31.2 Å². The molecule has 1 heterocycles. The number of anilines is 4. The summed E-state index contributed by atoms with van der Waals surface area (Å²) in [5.74, 6) is -3.08. The minimum absolute atomic E-state index is 0.0220. The van der Waals surface area contributed by atoms with Crippen molar-refractivity contribution in [2.75, 3.05) is 17.2 Å². The molecule has 5 nitrogen and oxygen atoms in total. The first kappa shape index (κ1) is 17.5. The lowest BCUT2D eigenvalue weighted by Crippen LogP contribution is -2.04. The van der Waals surface area contributed by atoms with Gasteiger partial charge in [-0.1, -0.05) is 12.1 Å². The Kier molecular flexibility index (Phi) is 5.21. The summed E-state index contributed by atoms with van der Waals surface area (Å²) in [6.45, 7) is 2.38. The van der Waals surface area contributed by atoms with Crippen molar-refractivity contribution < 1.29 is 17.9 Å². The number of benzene rings is 2. The van der Waals surface area contributed by atoms with Crippen molar-refractivity contribution in [2.45, 2.75) is 6.92 Å². The van der Waals surface area contributed by atoms with Gasteiger partial charge in [-0.15, -0.1) is 0 Å². The number of nitrogens with one attached hydrogen (secondary N) is 2. The van der Waals surface area contributed by atoms with E-state index in [2.05, 4.69) is 20.6 Å². The van der Waals surface area contributed by atoms with Gasteiger partial charge in [0.25, 0.3) is 0 Å². The summed E-state index contributed by atoms with van der Waals surface area (Å²) in [7, 11) is 0. The molecule has 8 heteroatoms. The van der Waals surface area contributed by atoms with E-state index < -0.39 is 17.5 Å². The number of ether oxygens (including phenoxy) is 1. The molecule has 0 aliphatic rings. The van der Waals surface area contributed by atoms with E-state index in [-0.39, 0.29) is 11.6 Å². The molecule has 0 saturated heterocycles. The summed E-state index contributed by atoms with van der Waals surface area (Å²) in [5.41, 5.74) is 0.425. The molecule has 0 saturated carbocycles. The van der Waals surface area contributed by atoms with E-state index in [0.29, 0.717) is 23.9 Å². The molecule has 0 atom stereocenters. The Bertz CT molecular complexity index is 921. The van der Waals surface area contributed by atoms with Gasteiger partial charge in [0.05, 0.1) is 18.0 Å². The van der Waals surface area contributed by atoms with Crippen LogP contribution >= 0.6 is 0 Å². The van der Waals surface area contributed by atoms with Gasteiger partial charge in [0.15, 0.2) is 17.5 Å². The highest BCUT2D eigenvalue weighted by Gasteiger charge is 2.14. The highest BCUT2D eigenvalue weighted by molar-refractivity contribution is 5.65. The van der Waals surface area contributed by atoms with E-state index in [1.165, 1.54) is 6.20 Å². The minimum Gasteiger partial charge on any atom is -0.492 e. The zero-order valence-electron chi connectivity index (χ0n) is 13.8. The van der Waals surface area contributed by atoms with Gasteiger partial charge < -0.3 is 15.4 Å². The maximum absolute atomic E-state index is 13.8. The van der Waals surface area contributed by atoms with Gasteiger partial charge in [0, 0.05) is 6.20 Å². The van der Waals surface area contributed by atoms with Crippen LogP contribution in [0.5, 0.6) is 5.75 Å². The molecule has 0 unspecified atom stereocenters. The van der Waals surface area contributed by atoms with Gasteiger partial charge in [-0.25, -0.2) is 18.2 Å². The zero-order valence-corrected chi connectivity index (χ0v) is 13.8. The number of para-hydroxylation sites is 2. The second-order valence-electron chi connectivity index (χ2n) is 5.17. The van der Waals surface area contributed by atoms with Crippen molar-refractivity contribution in [1.29, 1.82) is 0 Å². The van der Waals surface area contributed by atoms with Crippen LogP contribution in [-0.4, -0.2) is 16.6 Å². The Morgan fingerprint density at radius 1 is 0.923 bits per heavy atom. The van der Waals surface area contributed by atoms with Crippen LogP contribution in [0.4, 0.5) is 36.3 Å². The fraction of sp³-hybridized carbons (Fsp3) is 0.111.